The number of rotatable bonds is 7. The molecule has 0 fully saturated rings. The van der Waals surface area contributed by atoms with E-state index in [0.717, 1.165) is 11.3 Å². The third kappa shape index (κ3) is 4.81. The van der Waals surface area contributed by atoms with Crippen LogP contribution in [-0.4, -0.2) is 18.6 Å². The number of carbonyl (C=O) groups is 1. The predicted molar refractivity (Wildman–Crippen MR) is 86.0 cm³/mol. The molecule has 2 rings (SSSR count). The summed E-state index contributed by atoms with van der Waals surface area (Å²) in [5.41, 5.74) is 1.02. The molecule has 1 atom stereocenters. The minimum Gasteiger partial charge on any atom is -0.494 e. The Balaban J connectivity index is 1.81. The van der Waals surface area contributed by atoms with Crippen LogP contribution in [0.3, 0.4) is 0 Å². The van der Waals surface area contributed by atoms with E-state index in [9.17, 15) is 4.79 Å². The molecule has 0 bridgehead atoms. The monoisotopic (exact) mass is 299 g/mol. The Kier molecular flexibility index (Phi) is 5.83. The Bertz CT molecular complexity index is 581. The summed E-state index contributed by atoms with van der Waals surface area (Å²) < 4.78 is 11.0. The van der Waals surface area contributed by atoms with Crippen LogP contribution in [0.25, 0.3) is 0 Å². The van der Waals surface area contributed by atoms with Gasteiger partial charge in [-0.3, -0.25) is 4.79 Å². The van der Waals surface area contributed by atoms with Crippen LogP contribution in [0.1, 0.15) is 19.4 Å². The van der Waals surface area contributed by atoms with E-state index in [0.29, 0.717) is 18.9 Å². The number of para-hydroxylation sites is 1. The van der Waals surface area contributed by atoms with E-state index in [1.54, 1.807) is 6.92 Å². The summed E-state index contributed by atoms with van der Waals surface area (Å²) in [5, 5.41) is 2.87. The fourth-order valence-electron chi connectivity index (χ4n) is 1.96. The van der Waals surface area contributed by atoms with Gasteiger partial charge in [0.25, 0.3) is 5.91 Å². The van der Waals surface area contributed by atoms with Crippen molar-refractivity contribution in [1.82, 2.24) is 5.32 Å². The van der Waals surface area contributed by atoms with E-state index in [1.165, 1.54) is 0 Å². The lowest BCUT2D eigenvalue weighted by Crippen LogP contribution is -2.35. The number of hydrogen-bond donors (Lipinski definition) is 1. The van der Waals surface area contributed by atoms with Crippen molar-refractivity contribution in [3.05, 3.63) is 60.2 Å². The highest BCUT2D eigenvalue weighted by Crippen LogP contribution is 2.13. The smallest absolute Gasteiger partial charge is 0.261 e. The van der Waals surface area contributed by atoms with E-state index >= 15 is 0 Å². The molecule has 0 spiro atoms. The van der Waals surface area contributed by atoms with Crippen LogP contribution < -0.4 is 14.8 Å². The van der Waals surface area contributed by atoms with Gasteiger partial charge in [-0.1, -0.05) is 30.3 Å². The van der Waals surface area contributed by atoms with Crippen LogP contribution in [0.5, 0.6) is 11.5 Å². The topological polar surface area (TPSA) is 47.6 Å². The number of amides is 1. The highest BCUT2D eigenvalue weighted by molar-refractivity contribution is 5.80. The minimum absolute atomic E-state index is 0.141. The molecule has 0 aromatic heterocycles. The first-order chi connectivity index (χ1) is 10.7. The standard InChI is InChI=1S/C18H21NO3/c1-3-21-16-11-9-15(10-12-16)13-19-18(20)14(2)22-17-7-5-4-6-8-17/h4-12,14H,3,13H2,1-2H3,(H,19,20)/t14-/m0/s1. The Morgan fingerprint density at radius 3 is 2.36 bits per heavy atom. The molecule has 0 saturated heterocycles. The zero-order valence-corrected chi connectivity index (χ0v) is 12.9. The maximum absolute atomic E-state index is 12.0. The fourth-order valence-corrected chi connectivity index (χ4v) is 1.96. The zero-order valence-electron chi connectivity index (χ0n) is 12.9. The maximum atomic E-state index is 12.0. The van der Waals surface area contributed by atoms with Crippen molar-refractivity contribution in [3.63, 3.8) is 0 Å². The third-order valence-electron chi connectivity index (χ3n) is 3.13. The molecule has 2 aromatic rings. The van der Waals surface area contributed by atoms with Crippen molar-refractivity contribution >= 4 is 5.91 Å². The predicted octanol–water partition coefficient (Wildman–Crippen LogP) is 3.17. The molecule has 0 aliphatic heterocycles. The van der Waals surface area contributed by atoms with Crippen LogP contribution in [0.15, 0.2) is 54.6 Å². The Hall–Kier alpha value is -2.49. The average molecular weight is 299 g/mol. The average Bonchev–Trinajstić information content (AvgIpc) is 2.55. The van der Waals surface area contributed by atoms with Crippen molar-refractivity contribution < 1.29 is 14.3 Å². The summed E-state index contributed by atoms with van der Waals surface area (Å²) in [6, 6.07) is 17.0. The molecule has 1 N–H and O–H groups in total. The molecule has 4 nitrogen and oxygen atoms in total. The normalized spacial score (nSPS) is 11.5. The molecule has 22 heavy (non-hydrogen) atoms. The Labute approximate surface area is 131 Å². The molecule has 0 saturated carbocycles. The van der Waals surface area contributed by atoms with Crippen molar-refractivity contribution in [1.29, 1.82) is 0 Å². The van der Waals surface area contributed by atoms with Gasteiger partial charge < -0.3 is 14.8 Å². The van der Waals surface area contributed by atoms with Gasteiger partial charge in [0.05, 0.1) is 6.61 Å². The second kappa shape index (κ2) is 8.08. The van der Waals surface area contributed by atoms with Crippen molar-refractivity contribution in [2.24, 2.45) is 0 Å². The second-order valence-electron chi connectivity index (χ2n) is 4.87. The highest BCUT2D eigenvalue weighted by atomic mass is 16.5. The summed E-state index contributed by atoms with van der Waals surface area (Å²) >= 11 is 0. The lowest BCUT2D eigenvalue weighted by Gasteiger charge is -2.14. The van der Waals surface area contributed by atoms with E-state index in [2.05, 4.69) is 5.32 Å². The summed E-state index contributed by atoms with van der Waals surface area (Å²) in [4.78, 5) is 12.0. The quantitative estimate of drug-likeness (QED) is 0.854. The summed E-state index contributed by atoms with van der Waals surface area (Å²) in [6.45, 7) is 4.79. The number of ether oxygens (including phenoxy) is 2. The number of nitrogens with one attached hydrogen (secondary N) is 1. The minimum atomic E-state index is -0.537. The van der Waals surface area contributed by atoms with E-state index in [4.69, 9.17) is 9.47 Å². The van der Waals surface area contributed by atoms with Crippen LogP contribution >= 0.6 is 0 Å². The van der Waals surface area contributed by atoms with Crippen LogP contribution in [-0.2, 0) is 11.3 Å². The van der Waals surface area contributed by atoms with Gasteiger partial charge in [-0.05, 0) is 43.7 Å². The Morgan fingerprint density at radius 1 is 1.05 bits per heavy atom. The molecular weight excluding hydrogens is 278 g/mol. The summed E-state index contributed by atoms with van der Waals surface area (Å²) in [5.74, 6) is 1.38. The van der Waals surface area contributed by atoms with Gasteiger partial charge in [0, 0.05) is 6.54 Å². The summed E-state index contributed by atoms with van der Waals surface area (Å²) in [6.07, 6.45) is -0.537. The maximum Gasteiger partial charge on any atom is 0.261 e. The summed E-state index contributed by atoms with van der Waals surface area (Å²) in [7, 11) is 0. The van der Waals surface area contributed by atoms with Gasteiger partial charge in [-0.15, -0.1) is 0 Å². The molecule has 2 aromatic carbocycles. The van der Waals surface area contributed by atoms with E-state index < -0.39 is 6.10 Å². The molecule has 0 aliphatic rings. The van der Waals surface area contributed by atoms with E-state index in [1.807, 2.05) is 61.5 Å². The van der Waals surface area contributed by atoms with Crippen molar-refractivity contribution in [2.75, 3.05) is 6.61 Å². The molecular formula is C18H21NO3. The second-order valence-corrected chi connectivity index (χ2v) is 4.87. The lowest BCUT2D eigenvalue weighted by molar-refractivity contribution is -0.127. The van der Waals surface area contributed by atoms with Crippen LogP contribution in [0.2, 0.25) is 0 Å². The number of hydrogen-bond acceptors (Lipinski definition) is 3. The zero-order chi connectivity index (χ0) is 15.8. The number of carbonyl (C=O) groups excluding carboxylic acids is 1. The lowest BCUT2D eigenvalue weighted by atomic mass is 10.2. The molecule has 0 heterocycles. The van der Waals surface area contributed by atoms with Crippen LogP contribution in [0.4, 0.5) is 0 Å². The van der Waals surface area contributed by atoms with Gasteiger partial charge in [0.1, 0.15) is 11.5 Å². The first-order valence-corrected chi connectivity index (χ1v) is 7.40. The number of benzene rings is 2. The van der Waals surface area contributed by atoms with Gasteiger partial charge in [-0.2, -0.15) is 0 Å². The van der Waals surface area contributed by atoms with E-state index in [-0.39, 0.29) is 5.91 Å². The molecule has 1 amide bonds. The molecule has 0 radical (unpaired) electrons. The van der Waals surface area contributed by atoms with Crippen molar-refractivity contribution in [2.45, 2.75) is 26.5 Å². The Morgan fingerprint density at radius 2 is 1.73 bits per heavy atom. The van der Waals surface area contributed by atoms with Gasteiger partial charge >= 0.3 is 0 Å². The third-order valence-corrected chi connectivity index (χ3v) is 3.13. The SMILES string of the molecule is CCOc1ccc(CNC(=O)[C@H](C)Oc2ccccc2)cc1. The van der Waals surface area contributed by atoms with Crippen LogP contribution in [0, 0.1) is 0 Å². The molecule has 0 aliphatic carbocycles. The molecule has 0 unspecified atom stereocenters. The van der Waals surface area contributed by atoms with Gasteiger partial charge in [0.15, 0.2) is 6.10 Å². The van der Waals surface area contributed by atoms with Gasteiger partial charge in [-0.25, -0.2) is 0 Å². The largest absolute Gasteiger partial charge is 0.494 e. The highest BCUT2D eigenvalue weighted by Gasteiger charge is 2.13. The molecule has 4 heteroatoms. The van der Waals surface area contributed by atoms with Crippen molar-refractivity contribution in [3.8, 4) is 11.5 Å². The first kappa shape index (κ1) is 15.9. The van der Waals surface area contributed by atoms with Gasteiger partial charge in [0.2, 0.25) is 0 Å². The fraction of sp³-hybridized carbons (Fsp3) is 0.278. The molecule has 116 valence electrons. The first-order valence-electron chi connectivity index (χ1n) is 7.40.